The van der Waals surface area contributed by atoms with E-state index in [1.165, 1.54) is 12.7 Å². The summed E-state index contributed by atoms with van der Waals surface area (Å²) in [6.07, 6.45) is 0.481. The van der Waals surface area contributed by atoms with Crippen molar-refractivity contribution >= 4 is 11.7 Å². The summed E-state index contributed by atoms with van der Waals surface area (Å²) < 4.78 is 4.92. The number of methoxy groups -OCH3 is 1. The Balaban J connectivity index is 2.49. The van der Waals surface area contributed by atoms with Gasteiger partial charge in [0, 0.05) is 5.56 Å². The number of ether oxygens (including phenoxy) is 1. The van der Waals surface area contributed by atoms with Crippen molar-refractivity contribution in [2.75, 3.05) is 7.11 Å². The topological polar surface area (TPSA) is 47.9 Å². The van der Waals surface area contributed by atoms with Crippen LogP contribution in [0.4, 0.5) is 0 Å². The number of hydrogen-bond donors (Lipinski definition) is 0. The van der Waals surface area contributed by atoms with Crippen LogP contribution in [0.5, 0.6) is 0 Å². The summed E-state index contributed by atoms with van der Waals surface area (Å²) in [5.74, 6) is -0.724. The van der Waals surface area contributed by atoms with Gasteiger partial charge in [-0.25, -0.2) is 0 Å². The number of rotatable bonds is 3. The fourth-order valence-corrected chi connectivity index (χ4v) is 2.90. The van der Waals surface area contributed by atoms with Crippen LogP contribution in [0.1, 0.15) is 35.6 Å². The van der Waals surface area contributed by atoms with Gasteiger partial charge in [0.1, 0.15) is 17.7 Å². The highest BCUT2D eigenvalue weighted by Gasteiger charge is 2.41. The molecule has 1 aromatic carbocycles. The molecule has 0 spiro atoms. The summed E-state index contributed by atoms with van der Waals surface area (Å²) in [4.78, 5) is 17.5. The van der Waals surface area contributed by atoms with E-state index >= 15 is 0 Å². The molecule has 1 aromatic rings. The highest BCUT2D eigenvalue weighted by Crippen LogP contribution is 2.30. The zero-order valence-corrected chi connectivity index (χ0v) is 12.7. The number of esters is 1. The second-order valence-electron chi connectivity index (χ2n) is 5.30. The Morgan fingerprint density at radius 2 is 1.90 bits per heavy atom. The zero-order valence-electron chi connectivity index (χ0n) is 12.7. The Hall–Kier alpha value is -1.84. The maximum Gasteiger partial charge on any atom is 0.318 e. The lowest BCUT2D eigenvalue weighted by atomic mass is 9.86. The molecule has 0 saturated heterocycles. The fraction of sp³-hybridized carbons (Fsp3) is 0.500. The third-order valence-corrected chi connectivity index (χ3v) is 3.74. The molecule has 4 nitrogen and oxygen atoms in total. The molecule has 1 aliphatic heterocycles. The van der Waals surface area contributed by atoms with Gasteiger partial charge in [-0.2, -0.15) is 0 Å². The van der Waals surface area contributed by atoms with E-state index in [2.05, 4.69) is 24.2 Å². The van der Waals surface area contributed by atoms with E-state index in [0.29, 0.717) is 5.71 Å². The van der Waals surface area contributed by atoms with Crippen molar-refractivity contribution in [1.82, 2.24) is 0 Å². The highest BCUT2D eigenvalue weighted by molar-refractivity contribution is 6.14. The lowest BCUT2D eigenvalue weighted by Crippen LogP contribution is -2.33. The zero-order chi connectivity index (χ0) is 14.9. The van der Waals surface area contributed by atoms with Crippen molar-refractivity contribution in [2.45, 2.75) is 40.2 Å². The fourth-order valence-electron chi connectivity index (χ4n) is 2.90. The molecule has 0 saturated carbocycles. The van der Waals surface area contributed by atoms with Gasteiger partial charge in [-0.15, -0.1) is 0 Å². The van der Waals surface area contributed by atoms with E-state index < -0.39 is 5.92 Å². The van der Waals surface area contributed by atoms with Crippen LogP contribution >= 0.6 is 0 Å². The van der Waals surface area contributed by atoms with Crippen molar-refractivity contribution in [2.24, 2.45) is 11.1 Å². The Labute approximate surface area is 119 Å². The van der Waals surface area contributed by atoms with Crippen LogP contribution in [-0.2, 0) is 14.4 Å². The monoisotopic (exact) mass is 275 g/mol. The molecule has 0 fully saturated rings. The third-order valence-electron chi connectivity index (χ3n) is 3.74. The molecule has 2 rings (SSSR count). The molecule has 0 radical (unpaired) electrons. The van der Waals surface area contributed by atoms with Gasteiger partial charge in [0.2, 0.25) is 0 Å². The van der Waals surface area contributed by atoms with E-state index in [-0.39, 0.29) is 12.1 Å². The van der Waals surface area contributed by atoms with E-state index in [1.54, 1.807) is 0 Å². The van der Waals surface area contributed by atoms with Crippen molar-refractivity contribution in [3.63, 3.8) is 0 Å². The van der Waals surface area contributed by atoms with Crippen LogP contribution in [0.2, 0.25) is 0 Å². The number of aryl methyl sites for hydroxylation is 3. The predicted molar refractivity (Wildman–Crippen MR) is 77.9 cm³/mol. The molecule has 108 valence electrons. The Kier molecular flexibility index (Phi) is 4.12. The molecule has 0 aliphatic carbocycles. The Morgan fingerprint density at radius 3 is 2.40 bits per heavy atom. The average molecular weight is 275 g/mol. The molecule has 1 heterocycles. The molecule has 0 bridgehead atoms. The molecule has 0 unspecified atom stereocenters. The van der Waals surface area contributed by atoms with E-state index in [4.69, 9.17) is 9.57 Å². The van der Waals surface area contributed by atoms with Crippen molar-refractivity contribution in [1.29, 1.82) is 0 Å². The van der Waals surface area contributed by atoms with Crippen LogP contribution in [0.25, 0.3) is 0 Å². The summed E-state index contributed by atoms with van der Waals surface area (Å²) in [5.41, 5.74) is 5.11. The van der Waals surface area contributed by atoms with Crippen LogP contribution in [-0.4, -0.2) is 24.9 Å². The molecule has 2 atom stereocenters. The van der Waals surface area contributed by atoms with E-state index in [1.807, 2.05) is 20.8 Å². The molecule has 1 aliphatic rings. The summed E-state index contributed by atoms with van der Waals surface area (Å²) in [6, 6.07) is 4.19. The second-order valence-corrected chi connectivity index (χ2v) is 5.30. The first-order chi connectivity index (χ1) is 9.49. The Bertz CT molecular complexity index is 540. The van der Waals surface area contributed by atoms with Crippen LogP contribution in [0, 0.1) is 26.7 Å². The summed E-state index contributed by atoms with van der Waals surface area (Å²) >= 11 is 0. The summed E-state index contributed by atoms with van der Waals surface area (Å²) in [7, 11) is 1.40. The van der Waals surface area contributed by atoms with Gasteiger partial charge in [0.25, 0.3) is 0 Å². The van der Waals surface area contributed by atoms with Crippen LogP contribution in [0.3, 0.4) is 0 Å². The second kappa shape index (κ2) is 5.65. The molecule has 0 N–H and O–H groups in total. The molecule has 0 aromatic heterocycles. The normalized spacial score (nSPS) is 21.4. The summed E-state index contributed by atoms with van der Waals surface area (Å²) in [6.45, 7) is 8.11. The number of oxime groups is 1. The predicted octanol–water partition coefficient (Wildman–Crippen LogP) is 2.91. The minimum Gasteiger partial charge on any atom is -0.468 e. The summed E-state index contributed by atoms with van der Waals surface area (Å²) in [5, 5.41) is 4.18. The number of nitrogens with zero attached hydrogens (tertiary/aromatic N) is 1. The highest BCUT2D eigenvalue weighted by atomic mass is 16.6. The van der Waals surface area contributed by atoms with Gasteiger partial charge in [-0.3, -0.25) is 4.79 Å². The van der Waals surface area contributed by atoms with Crippen LogP contribution < -0.4 is 0 Å². The standard InChI is InChI=1S/C16H21NO3/c1-6-12-14(16(18)19-5)15(17-20-12)13-10(3)7-9(2)8-11(13)4/h7-8,12,14H,6H2,1-5H3/t12-,14-/m0/s1. The number of hydrogen-bond acceptors (Lipinski definition) is 4. The maximum atomic E-state index is 12.1. The van der Waals surface area contributed by atoms with Crippen molar-refractivity contribution in [3.8, 4) is 0 Å². The van der Waals surface area contributed by atoms with E-state index in [9.17, 15) is 4.79 Å². The van der Waals surface area contributed by atoms with Gasteiger partial charge in [0.15, 0.2) is 0 Å². The van der Waals surface area contributed by atoms with Crippen molar-refractivity contribution < 1.29 is 14.4 Å². The molecule has 20 heavy (non-hydrogen) atoms. The number of benzene rings is 1. The van der Waals surface area contributed by atoms with Gasteiger partial charge in [0.05, 0.1) is 7.11 Å². The minimum absolute atomic E-state index is 0.238. The first kappa shape index (κ1) is 14.6. The van der Waals surface area contributed by atoms with Gasteiger partial charge in [-0.05, 0) is 38.3 Å². The molecule has 0 amide bonds. The Morgan fingerprint density at radius 1 is 1.30 bits per heavy atom. The smallest absolute Gasteiger partial charge is 0.318 e. The molecule has 4 heteroatoms. The minimum atomic E-state index is -0.440. The lowest BCUT2D eigenvalue weighted by Gasteiger charge is -2.17. The van der Waals surface area contributed by atoms with Gasteiger partial charge in [-0.1, -0.05) is 29.8 Å². The lowest BCUT2D eigenvalue weighted by molar-refractivity contribution is -0.146. The third kappa shape index (κ3) is 2.42. The first-order valence-corrected chi connectivity index (χ1v) is 6.89. The maximum absolute atomic E-state index is 12.1. The first-order valence-electron chi connectivity index (χ1n) is 6.89. The average Bonchev–Trinajstić information content (AvgIpc) is 2.80. The van der Waals surface area contributed by atoms with E-state index in [0.717, 1.165) is 23.1 Å². The number of carbonyl (C=O) groups excluding carboxylic acids is 1. The molecular formula is C16H21NO3. The van der Waals surface area contributed by atoms with Crippen LogP contribution in [0.15, 0.2) is 17.3 Å². The quantitative estimate of drug-likeness (QED) is 0.797. The molecular weight excluding hydrogens is 254 g/mol. The largest absolute Gasteiger partial charge is 0.468 e. The SMILES string of the molecule is CC[C@@H]1ON=C(c2c(C)cc(C)cc2C)[C@H]1C(=O)OC. The van der Waals surface area contributed by atoms with Gasteiger partial charge < -0.3 is 9.57 Å². The van der Waals surface area contributed by atoms with Gasteiger partial charge >= 0.3 is 5.97 Å². The van der Waals surface area contributed by atoms with Crippen molar-refractivity contribution in [3.05, 3.63) is 34.4 Å². The number of carbonyl (C=O) groups is 1.